The molecule has 0 heterocycles. The summed E-state index contributed by atoms with van der Waals surface area (Å²) >= 11 is 0. The Morgan fingerprint density at radius 3 is 2.21 bits per heavy atom. The highest BCUT2D eigenvalue weighted by Gasteiger charge is 1.84. The van der Waals surface area contributed by atoms with Crippen molar-refractivity contribution in [2.45, 2.75) is 13.8 Å². The standard InChI is InChI=1S/C13H16O/c1-4-5-6-7-8-9-12(2)10-13(3)11-14/h4-11H,1H2,2-3H3/b6-5+,8-7+,12-9+,13-10+. The Labute approximate surface area is 85.8 Å². The average Bonchev–Trinajstić information content (AvgIpc) is 2.17. The summed E-state index contributed by atoms with van der Waals surface area (Å²) < 4.78 is 0. The first-order valence-corrected chi connectivity index (χ1v) is 4.47. The van der Waals surface area contributed by atoms with Crippen LogP contribution in [0.25, 0.3) is 0 Å². The van der Waals surface area contributed by atoms with E-state index in [1.165, 1.54) is 0 Å². The van der Waals surface area contributed by atoms with Gasteiger partial charge in [-0.3, -0.25) is 4.79 Å². The molecule has 0 aliphatic carbocycles. The molecule has 0 aliphatic rings. The van der Waals surface area contributed by atoms with E-state index in [1.54, 1.807) is 13.0 Å². The molecule has 0 radical (unpaired) electrons. The fourth-order valence-electron chi connectivity index (χ4n) is 0.855. The van der Waals surface area contributed by atoms with Crippen LogP contribution in [-0.2, 0) is 4.79 Å². The second-order valence-electron chi connectivity index (χ2n) is 2.92. The number of rotatable bonds is 5. The van der Waals surface area contributed by atoms with E-state index in [0.29, 0.717) is 0 Å². The molecule has 0 rings (SSSR count). The van der Waals surface area contributed by atoms with Gasteiger partial charge in [-0.05, 0) is 19.4 Å². The lowest BCUT2D eigenvalue weighted by Crippen LogP contribution is -1.76. The van der Waals surface area contributed by atoms with Gasteiger partial charge in [-0.1, -0.05) is 54.7 Å². The molecule has 1 nitrogen and oxygen atoms in total. The molecule has 0 unspecified atom stereocenters. The first-order valence-electron chi connectivity index (χ1n) is 4.47. The summed E-state index contributed by atoms with van der Waals surface area (Å²) in [6, 6.07) is 0. The van der Waals surface area contributed by atoms with Crippen LogP contribution >= 0.6 is 0 Å². The van der Waals surface area contributed by atoms with Gasteiger partial charge in [0.15, 0.2) is 0 Å². The Morgan fingerprint density at radius 1 is 1.00 bits per heavy atom. The molecule has 0 aliphatic heterocycles. The summed E-state index contributed by atoms with van der Waals surface area (Å²) in [7, 11) is 0. The molecule has 74 valence electrons. The summed E-state index contributed by atoms with van der Waals surface area (Å²) in [6.07, 6.45) is 13.9. The Hall–Kier alpha value is -1.63. The lowest BCUT2D eigenvalue weighted by Gasteiger charge is -1.89. The summed E-state index contributed by atoms with van der Waals surface area (Å²) in [5.41, 5.74) is 1.78. The van der Waals surface area contributed by atoms with Crippen LogP contribution in [0.15, 0.2) is 60.3 Å². The van der Waals surface area contributed by atoms with Crippen molar-refractivity contribution < 1.29 is 4.79 Å². The fourth-order valence-corrected chi connectivity index (χ4v) is 0.855. The molecule has 0 atom stereocenters. The highest BCUT2D eigenvalue weighted by molar-refractivity contribution is 5.73. The zero-order valence-corrected chi connectivity index (χ0v) is 8.73. The average molecular weight is 188 g/mol. The molecule has 0 aromatic heterocycles. The number of allylic oxidation sites excluding steroid dienone is 9. The Morgan fingerprint density at radius 2 is 1.64 bits per heavy atom. The van der Waals surface area contributed by atoms with E-state index in [9.17, 15) is 4.79 Å². The number of hydrogen-bond donors (Lipinski definition) is 0. The Balaban J connectivity index is 4.25. The second kappa shape index (κ2) is 7.99. The van der Waals surface area contributed by atoms with Gasteiger partial charge in [-0.2, -0.15) is 0 Å². The molecule has 0 aromatic rings. The lowest BCUT2D eigenvalue weighted by molar-refractivity contribution is -0.104. The highest BCUT2D eigenvalue weighted by Crippen LogP contribution is 1.99. The van der Waals surface area contributed by atoms with Gasteiger partial charge in [-0.15, -0.1) is 0 Å². The maximum Gasteiger partial charge on any atom is 0.145 e. The van der Waals surface area contributed by atoms with Crippen molar-refractivity contribution in [2.75, 3.05) is 0 Å². The van der Waals surface area contributed by atoms with Gasteiger partial charge < -0.3 is 0 Å². The number of carbonyl (C=O) groups excluding carboxylic acids is 1. The van der Waals surface area contributed by atoms with Crippen LogP contribution in [0.1, 0.15) is 13.8 Å². The summed E-state index contributed by atoms with van der Waals surface area (Å²) in [5, 5.41) is 0. The molecule has 0 fully saturated rings. The predicted molar refractivity (Wildman–Crippen MR) is 62.1 cm³/mol. The van der Waals surface area contributed by atoms with Gasteiger partial charge in [0.1, 0.15) is 6.29 Å². The van der Waals surface area contributed by atoms with Crippen molar-refractivity contribution in [3.8, 4) is 0 Å². The third-order valence-corrected chi connectivity index (χ3v) is 1.47. The van der Waals surface area contributed by atoms with Crippen LogP contribution in [0.2, 0.25) is 0 Å². The third-order valence-electron chi connectivity index (χ3n) is 1.47. The van der Waals surface area contributed by atoms with E-state index < -0.39 is 0 Å². The molecular formula is C13H16O. The van der Waals surface area contributed by atoms with E-state index in [-0.39, 0.29) is 0 Å². The smallest absolute Gasteiger partial charge is 0.145 e. The third kappa shape index (κ3) is 7.04. The highest BCUT2D eigenvalue weighted by atomic mass is 16.1. The molecule has 0 N–H and O–H groups in total. The van der Waals surface area contributed by atoms with E-state index in [0.717, 1.165) is 17.4 Å². The normalized spacial score (nSPS) is 13.9. The lowest BCUT2D eigenvalue weighted by atomic mass is 10.2. The van der Waals surface area contributed by atoms with Gasteiger partial charge in [0.05, 0.1) is 0 Å². The molecule has 1 heteroatoms. The van der Waals surface area contributed by atoms with Gasteiger partial charge in [0.25, 0.3) is 0 Å². The van der Waals surface area contributed by atoms with Crippen molar-refractivity contribution in [1.82, 2.24) is 0 Å². The minimum absolute atomic E-state index is 0.730. The molecule has 0 amide bonds. The minimum atomic E-state index is 0.730. The van der Waals surface area contributed by atoms with Crippen molar-refractivity contribution >= 4 is 6.29 Å². The Kier molecular flexibility index (Phi) is 7.06. The monoisotopic (exact) mass is 188 g/mol. The Bertz CT molecular complexity index is 301. The first-order chi connectivity index (χ1) is 6.70. The maximum atomic E-state index is 10.3. The zero-order valence-electron chi connectivity index (χ0n) is 8.73. The van der Waals surface area contributed by atoms with Crippen LogP contribution in [0.3, 0.4) is 0 Å². The van der Waals surface area contributed by atoms with E-state index >= 15 is 0 Å². The van der Waals surface area contributed by atoms with Gasteiger partial charge >= 0.3 is 0 Å². The van der Waals surface area contributed by atoms with E-state index in [1.807, 2.05) is 43.4 Å². The van der Waals surface area contributed by atoms with Crippen molar-refractivity contribution in [1.29, 1.82) is 0 Å². The number of hydrogen-bond acceptors (Lipinski definition) is 1. The van der Waals surface area contributed by atoms with Crippen molar-refractivity contribution in [3.63, 3.8) is 0 Å². The SMILES string of the molecule is C=C/C=C/C=C/C=C(C)/C=C(\C)C=O. The van der Waals surface area contributed by atoms with Crippen LogP contribution in [0.4, 0.5) is 0 Å². The molecule has 14 heavy (non-hydrogen) atoms. The predicted octanol–water partition coefficient (Wildman–Crippen LogP) is 3.38. The van der Waals surface area contributed by atoms with Crippen molar-refractivity contribution in [3.05, 3.63) is 60.3 Å². The van der Waals surface area contributed by atoms with Gasteiger partial charge in [0, 0.05) is 0 Å². The molecular weight excluding hydrogens is 172 g/mol. The number of aldehydes is 1. The van der Waals surface area contributed by atoms with E-state index in [4.69, 9.17) is 0 Å². The van der Waals surface area contributed by atoms with Crippen LogP contribution in [0.5, 0.6) is 0 Å². The summed E-state index contributed by atoms with van der Waals surface area (Å²) in [5.74, 6) is 0. The quantitative estimate of drug-likeness (QED) is 0.367. The molecule has 0 bridgehead atoms. The van der Waals surface area contributed by atoms with Crippen LogP contribution in [-0.4, -0.2) is 6.29 Å². The largest absolute Gasteiger partial charge is 0.298 e. The maximum absolute atomic E-state index is 10.3. The molecule has 0 saturated heterocycles. The van der Waals surface area contributed by atoms with Crippen LogP contribution < -0.4 is 0 Å². The van der Waals surface area contributed by atoms with Gasteiger partial charge in [0.2, 0.25) is 0 Å². The van der Waals surface area contributed by atoms with Crippen molar-refractivity contribution in [2.24, 2.45) is 0 Å². The van der Waals surface area contributed by atoms with Crippen LogP contribution in [0, 0.1) is 0 Å². The minimum Gasteiger partial charge on any atom is -0.298 e. The molecule has 0 aromatic carbocycles. The fraction of sp³-hybridized carbons (Fsp3) is 0.154. The molecule has 0 saturated carbocycles. The summed E-state index contributed by atoms with van der Waals surface area (Å²) in [4.78, 5) is 10.3. The first kappa shape index (κ1) is 12.4. The summed E-state index contributed by atoms with van der Waals surface area (Å²) in [6.45, 7) is 7.30. The molecule has 0 spiro atoms. The second-order valence-corrected chi connectivity index (χ2v) is 2.92. The zero-order chi connectivity index (χ0) is 10.8. The van der Waals surface area contributed by atoms with E-state index in [2.05, 4.69) is 6.58 Å². The number of carbonyl (C=O) groups is 1. The van der Waals surface area contributed by atoms with Gasteiger partial charge in [-0.25, -0.2) is 0 Å². The topological polar surface area (TPSA) is 17.1 Å².